The summed E-state index contributed by atoms with van der Waals surface area (Å²) in [6.45, 7) is 7.74. The second-order valence-corrected chi connectivity index (χ2v) is 8.93. The van der Waals surface area contributed by atoms with Crippen LogP contribution in [0.5, 0.6) is 0 Å². The van der Waals surface area contributed by atoms with Crippen LogP contribution in [0.3, 0.4) is 0 Å². The first kappa shape index (κ1) is 21.2. The number of carbonyl (C=O) groups excluding carboxylic acids is 1. The van der Waals surface area contributed by atoms with E-state index in [4.69, 9.17) is 4.98 Å². The highest BCUT2D eigenvalue weighted by atomic mass is 32.1. The Hall–Kier alpha value is -2.99. The lowest BCUT2D eigenvalue weighted by molar-refractivity contribution is -0.118. The number of thiazole rings is 1. The van der Waals surface area contributed by atoms with Crippen LogP contribution in [-0.4, -0.2) is 27.0 Å². The summed E-state index contributed by atoms with van der Waals surface area (Å²) in [7, 11) is 0. The lowest BCUT2D eigenvalue weighted by Crippen LogP contribution is -2.33. The molecule has 0 radical (unpaired) electrons. The Kier molecular flexibility index (Phi) is 6.47. The molecule has 5 nitrogen and oxygen atoms in total. The maximum Gasteiger partial charge on any atom is 0.233 e. The zero-order valence-electron chi connectivity index (χ0n) is 18.3. The monoisotopic (exact) mass is 432 g/mol. The third-order valence-corrected chi connectivity index (χ3v) is 6.64. The highest BCUT2D eigenvalue weighted by Crippen LogP contribution is 2.31. The Morgan fingerprint density at radius 3 is 2.77 bits per heavy atom. The van der Waals surface area contributed by atoms with E-state index in [1.165, 1.54) is 11.1 Å². The molecule has 31 heavy (non-hydrogen) atoms. The Balaban J connectivity index is 1.61. The number of hydrogen-bond donors (Lipinski definition) is 0. The van der Waals surface area contributed by atoms with Gasteiger partial charge in [-0.2, -0.15) is 0 Å². The summed E-state index contributed by atoms with van der Waals surface area (Å²) in [5, 5.41) is 0.788. The van der Waals surface area contributed by atoms with E-state index in [0.717, 1.165) is 45.9 Å². The van der Waals surface area contributed by atoms with Crippen LogP contribution in [0, 0.1) is 13.8 Å². The number of amides is 1. The molecule has 0 aliphatic rings. The van der Waals surface area contributed by atoms with Gasteiger partial charge in [-0.3, -0.25) is 9.69 Å². The highest BCUT2D eigenvalue weighted by molar-refractivity contribution is 7.22. The fraction of sp³-hybridized carbons (Fsp3) is 0.320. The number of anilines is 1. The van der Waals surface area contributed by atoms with Gasteiger partial charge in [0.15, 0.2) is 5.13 Å². The van der Waals surface area contributed by atoms with Crippen LogP contribution in [0.15, 0.2) is 55.1 Å². The van der Waals surface area contributed by atoms with Crippen molar-refractivity contribution in [1.29, 1.82) is 0 Å². The number of rotatable bonds is 8. The molecule has 0 atom stereocenters. The summed E-state index contributed by atoms with van der Waals surface area (Å²) in [6.07, 6.45) is 7.69. The SMILES string of the molecule is CCc1cccc2sc(N(CCCn3ccnc3)C(=O)Cc3ccc(C)cc3C)nc12. The predicted molar refractivity (Wildman–Crippen MR) is 128 cm³/mol. The van der Waals surface area contributed by atoms with Gasteiger partial charge < -0.3 is 4.57 Å². The number of imidazole rings is 1. The van der Waals surface area contributed by atoms with E-state index < -0.39 is 0 Å². The van der Waals surface area contributed by atoms with Crippen LogP contribution in [0.1, 0.15) is 35.6 Å². The quantitative estimate of drug-likeness (QED) is 0.378. The largest absolute Gasteiger partial charge is 0.337 e. The summed E-state index contributed by atoms with van der Waals surface area (Å²) in [5.41, 5.74) is 5.68. The van der Waals surface area contributed by atoms with Gasteiger partial charge in [0.1, 0.15) is 0 Å². The third kappa shape index (κ3) is 4.85. The van der Waals surface area contributed by atoms with Crippen molar-refractivity contribution in [2.75, 3.05) is 11.4 Å². The van der Waals surface area contributed by atoms with E-state index >= 15 is 0 Å². The number of aromatic nitrogens is 3. The summed E-state index contributed by atoms with van der Waals surface area (Å²) in [6, 6.07) is 12.6. The molecule has 4 rings (SSSR count). The molecule has 0 saturated carbocycles. The maximum absolute atomic E-state index is 13.4. The van der Waals surface area contributed by atoms with Crippen molar-refractivity contribution in [2.24, 2.45) is 0 Å². The Bertz CT molecular complexity index is 1180. The van der Waals surface area contributed by atoms with Gasteiger partial charge in [-0.25, -0.2) is 9.97 Å². The normalized spacial score (nSPS) is 11.2. The first-order chi connectivity index (χ1) is 15.0. The Morgan fingerprint density at radius 2 is 2.03 bits per heavy atom. The van der Waals surface area contributed by atoms with E-state index in [-0.39, 0.29) is 5.91 Å². The van der Waals surface area contributed by atoms with Gasteiger partial charge in [0.25, 0.3) is 0 Å². The molecule has 0 spiro atoms. The lowest BCUT2D eigenvalue weighted by atomic mass is 10.0. The molecule has 4 aromatic rings. The predicted octanol–water partition coefficient (Wildman–Crippen LogP) is 5.34. The van der Waals surface area contributed by atoms with Crippen molar-refractivity contribution >= 4 is 32.6 Å². The average Bonchev–Trinajstić information content (AvgIpc) is 3.42. The second-order valence-electron chi connectivity index (χ2n) is 7.92. The maximum atomic E-state index is 13.4. The lowest BCUT2D eigenvalue weighted by Gasteiger charge is -2.20. The fourth-order valence-corrected chi connectivity index (χ4v) is 4.91. The molecule has 0 unspecified atom stereocenters. The van der Waals surface area contributed by atoms with Gasteiger partial charge in [0.2, 0.25) is 5.91 Å². The number of benzene rings is 2. The number of nitrogens with zero attached hydrogens (tertiary/aromatic N) is 4. The smallest absolute Gasteiger partial charge is 0.233 e. The van der Waals surface area contributed by atoms with Crippen molar-refractivity contribution in [3.05, 3.63) is 77.4 Å². The topological polar surface area (TPSA) is 51.0 Å². The van der Waals surface area contributed by atoms with Gasteiger partial charge in [-0.1, -0.05) is 54.2 Å². The van der Waals surface area contributed by atoms with E-state index in [0.29, 0.717) is 13.0 Å². The first-order valence-corrected chi connectivity index (χ1v) is 11.6. The molecule has 0 aliphatic carbocycles. The molecule has 1 amide bonds. The van der Waals surface area contributed by atoms with Gasteiger partial charge in [0.05, 0.1) is 23.0 Å². The van der Waals surface area contributed by atoms with E-state index in [1.54, 1.807) is 17.5 Å². The zero-order chi connectivity index (χ0) is 21.8. The van der Waals surface area contributed by atoms with Gasteiger partial charge >= 0.3 is 0 Å². The standard InChI is InChI=1S/C25H28N4OS/c1-4-20-7-5-8-22-24(20)27-25(31-22)29(13-6-12-28-14-11-26-17-28)23(30)16-21-10-9-18(2)15-19(21)3/h5,7-11,14-15,17H,4,6,12-13,16H2,1-3H3. The third-order valence-electron chi connectivity index (χ3n) is 5.60. The highest BCUT2D eigenvalue weighted by Gasteiger charge is 2.21. The molecule has 6 heteroatoms. The number of fused-ring (bicyclic) bond motifs is 1. The Morgan fingerprint density at radius 1 is 1.16 bits per heavy atom. The van der Waals surface area contributed by atoms with Crippen LogP contribution < -0.4 is 4.90 Å². The summed E-state index contributed by atoms with van der Waals surface area (Å²) in [5.74, 6) is 0.0923. The van der Waals surface area contributed by atoms with Crippen molar-refractivity contribution in [3.63, 3.8) is 0 Å². The molecule has 0 fully saturated rings. The molecular weight excluding hydrogens is 404 g/mol. The van der Waals surface area contributed by atoms with Crippen molar-refractivity contribution in [2.45, 2.75) is 46.6 Å². The van der Waals surface area contributed by atoms with Gasteiger partial charge in [-0.15, -0.1) is 0 Å². The van der Waals surface area contributed by atoms with E-state index in [2.05, 4.69) is 62.2 Å². The minimum absolute atomic E-state index is 0.0923. The summed E-state index contributed by atoms with van der Waals surface area (Å²) >= 11 is 1.60. The fourth-order valence-electron chi connectivity index (χ4n) is 3.85. The zero-order valence-corrected chi connectivity index (χ0v) is 19.2. The number of hydrogen-bond acceptors (Lipinski definition) is 4. The van der Waals surface area contributed by atoms with E-state index in [1.807, 2.05) is 22.0 Å². The van der Waals surface area contributed by atoms with Gasteiger partial charge in [0, 0.05) is 25.5 Å². The summed E-state index contributed by atoms with van der Waals surface area (Å²) in [4.78, 5) is 24.3. The van der Waals surface area contributed by atoms with Crippen molar-refractivity contribution < 1.29 is 4.79 Å². The van der Waals surface area contributed by atoms with Crippen LogP contribution in [0.4, 0.5) is 5.13 Å². The molecule has 0 saturated heterocycles. The van der Waals surface area contributed by atoms with E-state index in [9.17, 15) is 4.79 Å². The van der Waals surface area contributed by atoms with Crippen LogP contribution in [-0.2, 0) is 24.2 Å². The number of aryl methyl sites for hydroxylation is 4. The first-order valence-electron chi connectivity index (χ1n) is 10.8. The molecule has 2 heterocycles. The molecule has 0 aliphatic heterocycles. The van der Waals surface area contributed by atoms with Crippen molar-refractivity contribution in [1.82, 2.24) is 14.5 Å². The van der Waals surface area contributed by atoms with Crippen LogP contribution in [0.2, 0.25) is 0 Å². The molecule has 0 N–H and O–H groups in total. The molecular formula is C25H28N4OS. The summed E-state index contributed by atoms with van der Waals surface area (Å²) < 4.78 is 3.17. The minimum atomic E-state index is 0.0923. The molecule has 160 valence electrons. The molecule has 0 bridgehead atoms. The van der Waals surface area contributed by atoms with Gasteiger partial charge in [-0.05, 0) is 49.4 Å². The Labute approximate surface area is 187 Å². The minimum Gasteiger partial charge on any atom is -0.337 e. The number of carbonyl (C=O) groups is 1. The second kappa shape index (κ2) is 9.43. The van der Waals surface area contributed by atoms with Crippen LogP contribution >= 0.6 is 11.3 Å². The van der Waals surface area contributed by atoms with Crippen LogP contribution in [0.25, 0.3) is 10.2 Å². The molecule has 2 aromatic heterocycles. The average molecular weight is 433 g/mol. The molecule has 2 aromatic carbocycles. The number of para-hydroxylation sites is 1. The van der Waals surface area contributed by atoms with Crippen molar-refractivity contribution in [3.8, 4) is 0 Å².